The van der Waals surface area contributed by atoms with E-state index < -0.39 is 0 Å². The average Bonchev–Trinajstić information content (AvgIpc) is 3.47. The number of hydrogen-bond acceptors (Lipinski definition) is 8. The van der Waals surface area contributed by atoms with E-state index in [2.05, 4.69) is 42.0 Å². The van der Waals surface area contributed by atoms with Crippen LogP contribution < -0.4 is 10.5 Å². The van der Waals surface area contributed by atoms with Crippen molar-refractivity contribution in [1.82, 2.24) is 44.0 Å². The molecular weight excluding hydrogens is 396 g/mol. The Hall–Kier alpha value is -3.60. The summed E-state index contributed by atoms with van der Waals surface area (Å²) in [7, 11) is 0. The van der Waals surface area contributed by atoms with Gasteiger partial charge in [0, 0.05) is 62.4 Å². The molecule has 11 heteroatoms. The van der Waals surface area contributed by atoms with Crippen LogP contribution in [0.2, 0.25) is 0 Å². The van der Waals surface area contributed by atoms with Gasteiger partial charge in [0.15, 0.2) is 5.82 Å². The van der Waals surface area contributed by atoms with Gasteiger partial charge in [-0.15, -0.1) is 5.10 Å². The molecule has 1 aliphatic heterocycles. The summed E-state index contributed by atoms with van der Waals surface area (Å²) >= 11 is 0. The van der Waals surface area contributed by atoms with Gasteiger partial charge in [0.1, 0.15) is 12.1 Å². The predicted molar refractivity (Wildman–Crippen MR) is 115 cm³/mol. The van der Waals surface area contributed by atoms with Crippen molar-refractivity contribution in [2.24, 2.45) is 0 Å². The summed E-state index contributed by atoms with van der Waals surface area (Å²) in [5.41, 5.74) is 1.99. The Balaban J connectivity index is 1.26. The second kappa shape index (κ2) is 7.91. The Labute approximate surface area is 178 Å². The molecule has 11 nitrogen and oxygen atoms in total. The number of fused-ring (bicyclic) bond motifs is 1. The summed E-state index contributed by atoms with van der Waals surface area (Å²) in [5, 5.41) is 13.0. The number of hydrogen-bond donors (Lipinski definition) is 0. The predicted octanol–water partition coefficient (Wildman–Crippen LogP) is 0.306. The summed E-state index contributed by atoms with van der Waals surface area (Å²) in [6.07, 6.45) is 5.05. The van der Waals surface area contributed by atoms with Crippen LogP contribution in [0, 0.1) is 13.8 Å². The Morgan fingerprint density at radius 1 is 1.03 bits per heavy atom. The highest BCUT2D eigenvalue weighted by atomic mass is 16.1. The lowest BCUT2D eigenvalue weighted by molar-refractivity contribution is 0.241. The Kier molecular flexibility index (Phi) is 4.94. The van der Waals surface area contributed by atoms with E-state index in [0.717, 1.165) is 49.8 Å². The molecule has 1 aliphatic rings. The second-order valence-electron chi connectivity index (χ2n) is 7.65. The van der Waals surface area contributed by atoms with E-state index in [0.29, 0.717) is 18.1 Å². The fourth-order valence-corrected chi connectivity index (χ4v) is 3.93. The molecular formula is C20H24N10O. The largest absolute Gasteiger partial charge is 0.354 e. The Morgan fingerprint density at radius 3 is 2.65 bits per heavy atom. The average molecular weight is 420 g/mol. The van der Waals surface area contributed by atoms with Gasteiger partial charge >= 0.3 is 0 Å². The molecule has 0 atom stereocenters. The molecule has 0 N–H and O–H groups in total. The summed E-state index contributed by atoms with van der Waals surface area (Å²) in [5.74, 6) is 2.32. The molecule has 4 aromatic rings. The maximum absolute atomic E-state index is 12.2. The van der Waals surface area contributed by atoms with Gasteiger partial charge < -0.3 is 4.90 Å². The van der Waals surface area contributed by atoms with Crippen molar-refractivity contribution in [3.05, 3.63) is 58.5 Å². The quantitative estimate of drug-likeness (QED) is 0.454. The summed E-state index contributed by atoms with van der Waals surface area (Å²) < 4.78 is 4.99. The molecule has 5 rings (SSSR count). The van der Waals surface area contributed by atoms with Gasteiger partial charge in [-0.3, -0.25) is 9.69 Å². The molecule has 1 fully saturated rings. The van der Waals surface area contributed by atoms with E-state index in [1.807, 2.05) is 23.7 Å². The van der Waals surface area contributed by atoms with Gasteiger partial charge in [-0.1, -0.05) is 0 Å². The second-order valence-corrected chi connectivity index (χ2v) is 7.65. The van der Waals surface area contributed by atoms with E-state index in [-0.39, 0.29) is 5.56 Å². The molecule has 0 spiro atoms. The highest BCUT2D eigenvalue weighted by Gasteiger charge is 2.22. The van der Waals surface area contributed by atoms with E-state index in [1.165, 1.54) is 4.68 Å². The van der Waals surface area contributed by atoms with Crippen LogP contribution in [0.1, 0.15) is 11.3 Å². The van der Waals surface area contributed by atoms with Crippen LogP contribution in [0.5, 0.6) is 0 Å². The van der Waals surface area contributed by atoms with Crippen LogP contribution in [0.4, 0.5) is 5.82 Å². The molecule has 4 aromatic heterocycles. The van der Waals surface area contributed by atoms with Gasteiger partial charge in [0.05, 0.1) is 6.54 Å². The van der Waals surface area contributed by atoms with E-state index in [1.54, 1.807) is 29.3 Å². The molecule has 0 amide bonds. The first-order valence-corrected chi connectivity index (χ1v) is 10.3. The Morgan fingerprint density at radius 2 is 1.87 bits per heavy atom. The van der Waals surface area contributed by atoms with Gasteiger partial charge in [-0.05, 0) is 26.0 Å². The first kappa shape index (κ1) is 19.4. The fourth-order valence-electron chi connectivity index (χ4n) is 3.93. The normalized spacial score (nSPS) is 15.1. The van der Waals surface area contributed by atoms with Gasteiger partial charge in [0.2, 0.25) is 0 Å². The SMILES string of the molecule is Cc1nc2ncnn2c(N2CCN(CCn3nc(-n4cccn4)ccc3=O)CC2)c1C. The topological polar surface area (TPSA) is 102 Å². The minimum atomic E-state index is -0.106. The number of aromatic nitrogens is 8. The van der Waals surface area contributed by atoms with Crippen molar-refractivity contribution in [3.8, 4) is 5.82 Å². The zero-order valence-electron chi connectivity index (χ0n) is 17.6. The van der Waals surface area contributed by atoms with Crippen molar-refractivity contribution in [1.29, 1.82) is 0 Å². The number of piperazine rings is 1. The summed E-state index contributed by atoms with van der Waals surface area (Å²) in [4.78, 5) is 25.7. The van der Waals surface area contributed by atoms with Gasteiger partial charge in [-0.25, -0.2) is 14.3 Å². The Bertz CT molecular complexity index is 1250. The van der Waals surface area contributed by atoms with Crippen LogP contribution in [0.25, 0.3) is 11.6 Å². The van der Waals surface area contributed by atoms with Crippen LogP contribution >= 0.6 is 0 Å². The van der Waals surface area contributed by atoms with Gasteiger partial charge in [-0.2, -0.15) is 19.7 Å². The van der Waals surface area contributed by atoms with Crippen molar-refractivity contribution in [2.45, 2.75) is 20.4 Å². The highest BCUT2D eigenvalue weighted by Crippen LogP contribution is 2.23. The van der Waals surface area contributed by atoms with Crippen molar-refractivity contribution in [2.75, 3.05) is 37.6 Å². The molecule has 0 radical (unpaired) electrons. The third-order valence-electron chi connectivity index (χ3n) is 5.77. The first-order chi connectivity index (χ1) is 15.1. The molecule has 1 saturated heterocycles. The highest BCUT2D eigenvalue weighted by molar-refractivity contribution is 5.54. The van der Waals surface area contributed by atoms with Crippen LogP contribution in [-0.4, -0.2) is 76.8 Å². The number of anilines is 1. The first-order valence-electron chi connectivity index (χ1n) is 10.3. The van der Waals surface area contributed by atoms with E-state index in [4.69, 9.17) is 0 Å². The standard InChI is InChI=1S/C20H24N10O/c1-15-16(2)24-20-21-14-23-30(20)19(15)27-11-8-26(9-12-27)10-13-29-18(31)5-4-17(25-29)28-7-3-6-22-28/h3-7,14H,8-13H2,1-2H3. The van der Waals surface area contributed by atoms with E-state index in [9.17, 15) is 4.79 Å². The minimum absolute atomic E-state index is 0.106. The lowest BCUT2D eigenvalue weighted by atomic mass is 10.2. The number of aryl methyl sites for hydroxylation is 1. The minimum Gasteiger partial charge on any atom is -0.354 e. The lowest BCUT2D eigenvalue weighted by Crippen LogP contribution is -2.48. The third-order valence-corrected chi connectivity index (χ3v) is 5.77. The molecule has 0 unspecified atom stereocenters. The molecule has 0 aromatic carbocycles. The molecule has 0 saturated carbocycles. The van der Waals surface area contributed by atoms with Crippen molar-refractivity contribution < 1.29 is 0 Å². The zero-order chi connectivity index (χ0) is 21.4. The number of rotatable bonds is 5. The van der Waals surface area contributed by atoms with Crippen LogP contribution in [-0.2, 0) is 6.54 Å². The molecule has 160 valence electrons. The van der Waals surface area contributed by atoms with E-state index >= 15 is 0 Å². The molecule has 0 aliphatic carbocycles. The van der Waals surface area contributed by atoms with Crippen LogP contribution in [0.3, 0.4) is 0 Å². The van der Waals surface area contributed by atoms with Crippen molar-refractivity contribution in [3.63, 3.8) is 0 Å². The molecule has 0 bridgehead atoms. The third kappa shape index (κ3) is 3.67. The maximum atomic E-state index is 12.2. The summed E-state index contributed by atoms with van der Waals surface area (Å²) in [6.45, 7) is 8.91. The van der Waals surface area contributed by atoms with Gasteiger partial charge in [0.25, 0.3) is 11.3 Å². The smallest absolute Gasteiger partial charge is 0.266 e. The fraction of sp³-hybridized carbons (Fsp3) is 0.400. The molecule has 5 heterocycles. The zero-order valence-corrected chi connectivity index (χ0v) is 17.6. The maximum Gasteiger partial charge on any atom is 0.266 e. The summed E-state index contributed by atoms with van der Waals surface area (Å²) in [6, 6.07) is 5.06. The molecule has 31 heavy (non-hydrogen) atoms. The van der Waals surface area contributed by atoms with Crippen molar-refractivity contribution >= 4 is 11.6 Å². The number of nitrogens with zero attached hydrogens (tertiary/aromatic N) is 10. The lowest BCUT2D eigenvalue weighted by Gasteiger charge is -2.36. The monoisotopic (exact) mass is 420 g/mol. The van der Waals surface area contributed by atoms with Crippen LogP contribution in [0.15, 0.2) is 41.7 Å².